The predicted molar refractivity (Wildman–Crippen MR) is 96.7 cm³/mol. The van der Waals surface area contributed by atoms with E-state index in [1.54, 1.807) is 30.3 Å². The van der Waals surface area contributed by atoms with Crippen molar-refractivity contribution >= 4 is 46.5 Å². The van der Waals surface area contributed by atoms with E-state index < -0.39 is 0 Å². The fourth-order valence-electron chi connectivity index (χ4n) is 2.14. The molecule has 0 unspecified atom stereocenters. The molecule has 0 radical (unpaired) electrons. The number of thioether (sulfide) groups is 1. The van der Waals surface area contributed by atoms with E-state index in [2.05, 4.69) is 5.32 Å². The molecule has 1 saturated heterocycles. The number of carbonyl (C=O) groups is 3. The molecule has 1 fully saturated rings. The van der Waals surface area contributed by atoms with Crippen LogP contribution in [0.15, 0.2) is 29.2 Å². The van der Waals surface area contributed by atoms with Crippen molar-refractivity contribution in [2.75, 3.05) is 13.1 Å². The largest absolute Gasteiger partial charge is 0.354 e. The Kier molecular flexibility index (Phi) is 6.87. The van der Waals surface area contributed by atoms with Crippen LogP contribution >= 0.6 is 23.4 Å². The van der Waals surface area contributed by atoms with Gasteiger partial charge in [-0.1, -0.05) is 37.1 Å². The molecule has 0 spiro atoms. The minimum atomic E-state index is -0.331. The smallest absolute Gasteiger partial charge is 0.293 e. The number of imide groups is 1. The third-order valence-electron chi connectivity index (χ3n) is 3.46. The molecule has 1 heterocycles. The summed E-state index contributed by atoms with van der Waals surface area (Å²) in [6.45, 7) is 2.47. The van der Waals surface area contributed by atoms with Crippen LogP contribution in [0.1, 0.15) is 31.7 Å². The summed E-state index contributed by atoms with van der Waals surface area (Å²) >= 11 is 6.73. The first-order chi connectivity index (χ1) is 11.5. The number of halogens is 1. The van der Waals surface area contributed by atoms with Crippen LogP contribution in [0.5, 0.6) is 0 Å². The SMILES string of the molecule is CCCCC(=O)NCCN1C(=O)S/C(=C/c2ccc(Cl)cc2)C1=O. The molecular weight excluding hydrogens is 348 g/mol. The minimum Gasteiger partial charge on any atom is -0.354 e. The van der Waals surface area contributed by atoms with Gasteiger partial charge in [-0.2, -0.15) is 0 Å². The van der Waals surface area contributed by atoms with Crippen molar-refractivity contribution in [2.24, 2.45) is 0 Å². The van der Waals surface area contributed by atoms with Crippen LogP contribution in [-0.4, -0.2) is 35.0 Å². The first-order valence-electron chi connectivity index (χ1n) is 7.79. The van der Waals surface area contributed by atoms with E-state index in [9.17, 15) is 14.4 Å². The lowest BCUT2D eigenvalue weighted by Crippen LogP contribution is -2.37. The van der Waals surface area contributed by atoms with Gasteiger partial charge in [0.25, 0.3) is 11.1 Å². The van der Waals surface area contributed by atoms with E-state index in [1.807, 2.05) is 6.92 Å². The summed E-state index contributed by atoms with van der Waals surface area (Å²) in [5.41, 5.74) is 0.803. The standard InChI is InChI=1S/C17H19ClN2O3S/c1-2-3-4-15(21)19-9-10-20-16(22)14(24-17(20)23)11-12-5-7-13(18)8-6-12/h5-8,11H,2-4,9-10H2,1H3,(H,19,21)/b14-11+. The lowest BCUT2D eigenvalue weighted by Gasteiger charge is -2.12. The Labute approximate surface area is 150 Å². The molecular formula is C17H19ClN2O3S. The van der Waals surface area contributed by atoms with Crippen LogP contribution in [0.25, 0.3) is 6.08 Å². The highest BCUT2D eigenvalue weighted by Gasteiger charge is 2.34. The normalized spacial score (nSPS) is 16.1. The van der Waals surface area contributed by atoms with Crippen molar-refractivity contribution in [3.8, 4) is 0 Å². The molecule has 0 aromatic heterocycles. The number of unbranched alkanes of at least 4 members (excludes halogenated alkanes) is 1. The lowest BCUT2D eigenvalue weighted by molar-refractivity contribution is -0.124. The van der Waals surface area contributed by atoms with Crippen molar-refractivity contribution in [3.63, 3.8) is 0 Å². The van der Waals surface area contributed by atoms with Crippen molar-refractivity contribution in [2.45, 2.75) is 26.2 Å². The summed E-state index contributed by atoms with van der Waals surface area (Å²) in [6.07, 6.45) is 3.92. The average Bonchev–Trinajstić information content (AvgIpc) is 2.82. The topological polar surface area (TPSA) is 66.5 Å². The zero-order valence-corrected chi connectivity index (χ0v) is 15.0. The number of nitrogens with one attached hydrogen (secondary N) is 1. The molecule has 2 rings (SSSR count). The average molecular weight is 367 g/mol. The summed E-state index contributed by atoms with van der Waals surface area (Å²) in [4.78, 5) is 37.4. The van der Waals surface area contributed by atoms with Crippen molar-refractivity contribution in [1.29, 1.82) is 0 Å². The fraction of sp³-hybridized carbons (Fsp3) is 0.353. The molecule has 3 amide bonds. The van der Waals surface area contributed by atoms with E-state index in [0.717, 1.165) is 35.1 Å². The maximum Gasteiger partial charge on any atom is 0.293 e. The molecule has 0 bridgehead atoms. The van der Waals surface area contributed by atoms with Gasteiger partial charge in [0.1, 0.15) is 0 Å². The summed E-state index contributed by atoms with van der Waals surface area (Å²) in [7, 11) is 0. The van der Waals surface area contributed by atoms with Crippen LogP contribution in [0.2, 0.25) is 5.02 Å². The van der Waals surface area contributed by atoms with E-state index in [1.165, 1.54) is 0 Å². The number of hydrogen-bond acceptors (Lipinski definition) is 4. The Morgan fingerprint density at radius 1 is 1.29 bits per heavy atom. The molecule has 1 aromatic carbocycles. The quantitative estimate of drug-likeness (QED) is 0.747. The second-order valence-corrected chi connectivity index (χ2v) is 6.77. The maximum absolute atomic E-state index is 12.3. The molecule has 1 aliphatic heterocycles. The molecule has 0 aliphatic carbocycles. The van der Waals surface area contributed by atoms with Gasteiger partial charge in [-0.25, -0.2) is 0 Å². The van der Waals surface area contributed by atoms with Gasteiger partial charge in [0.15, 0.2) is 0 Å². The Hall–Kier alpha value is -1.79. The van der Waals surface area contributed by atoms with Gasteiger partial charge in [0.05, 0.1) is 4.91 Å². The van der Waals surface area contributed by atoms with Crippen molar-refractivity contribution in [1.82, 2.24) is 10.2 Å². The number of benzene rings is 1. The number of amides is 3. The highest BCUT2D eigenvalue weighted by Crippen LogP contribution is 2.32. The van der Waals surface area contributed by atoms with E-state index in [0.29, 0.717) is 16.3 Å². The number of hydrogen-bond donors (Lipinski definition) is 1. The Morgan fingerprint density at radius 2 is 2.00 bits per heavy atom. The van der Waals surface area contributed by atoms with Gasteiger partial charge < -0.3 is 5.32 Å². The van der Waals surface area contributed by atoms with Gasteiger partial charge in [0.2, 0.25) is 5.91 Å². The van der Waals surface area contributed by atoms with Crippen LogP contribution in [-0.2, 0) is 9.59 Å². The lowest BCUT2D eigenvalue weighted by atomic mass is 10.2. The van der Waals surface area contributed by atoms with Crippen molar-refractivity contribution in [3.05, 3.63) is 39.8 Å². The van der Waals surface area contributed by atoms with Gasteiger partial charge in [-0.05, 0) is 42.0 Å². The van der Waals surface area contributed by atoms with E-state index in [4.69, 9.17) is 11.6 Å². The Morgan fingerprint density at radius 3 is 2.67 bits per heavy atom. The van der Waals surface area contributed by atoms with Crippen LogP contribution in [0, 0.1) is 0 Å². The van der Waals surface area contributed by atoms with Gasteiger partial charge >= 0.3 is 0 Å². The summed E-state index contributed by atoms with van der Waals surface area (Å²) in [6, 6.07) is 7.02. The molecule has 24 heavy (non-hydrogen) atoms. The zero-order chi connectivity index (χ0) is 17.5. The van der Waals surface area contributed by atoms with E-state index >= 15 is 0 Å². The monoisotopic (exact) mass is 366 g/mol. The van der Waals surface area contributed by atoms with Gasteiger partial charge in [-0.3, -0.25) is 19.3 Å². The number of nitrogens with zero attached hydrogens (tertiary/aromatic N) is 1. The molecule has 128 valence electrons. The second-order valence-electron chi connectivity index (χ2n) is 5.34. The number of carbonyl (C=O) groups excluding carboxylic acids is 3. The summed E-state index contributed by atoms with van der Waals surface area (Å²) < 4.78 is 0. The number of rotatable bonds is 7. The minimum absolute atomic E-state index is 0.0551. The third kappa shape index (κ3) is 5.11. The molecule has 7 heteroatoms. The Balaban J connectivity index is 1.91. The molecule has 0 atom stereocenters. The Bertz CT molecular complexity index is 658. The fourth-order valence-corrected chi connectivity index (χ4v) is 3.13. The first kappa shape index (κ1) is 18.5. The van der Waals surface area contributed by atoms with Crippen LogP contribution in [0.4, 0.5) is 4.79 Å². The molecule has 1 aromatic rings. The third-order valence-corrected chi connectivity index (χ3v) is 4.62. The van der Waals surface area contributed by atoms with Crippen LogP contribution < -0.4 is 5.32 Å². The maximum atomic E-state index is 12.3. The highest BCUT2D eigenvalue weighted by atomic mass is 35.5. The van der Waals surface area contributed by atoms with E-state index in [-0.39, 0.29) is 30.1 Å². The molecule has 5 nitrogen and oxygen atoms in total. The van der Waals surface area contributed by atoms with Gasteiger partial charge in [-0.15, -0.1) is 0 Å². The van der Waals surface area contributed by atoms with Crippen LogP contribution in [0.3, 0.4) is 0 Å². The molecule has 1 aliphatic rings. The summed E-state index contributed by atoms with van der Waals surface area (Å²) in [5.74, 6) is -0.386. The molecule has 1 N–H and O–H groups in total. The van der Waals surface area contributed by atoms with Gasteiger partial charge in [0, 0.05) is 24.5 Å². The molecule has 0 saturated carbocycles. The highest BCUT2D eigenvalue weighted by molar-refractivity contribution is 8.18. The summed E-state index contributed by atoms with van der Waals surface area (Å²) in [5, 5.41) is 3.02. The second kappa shape index (κ2) is 8.89. The first-order valence-corrected chi connectivity index (χ1v) is 8.98. The zero-order valence-electron chi connectivity index (χ0n) is 13.4. The predicted octanol–water partition coefficient (Wildman–Crippen LogP) is 3.68. The van der Waals surface area contributed by atoms with Crippen molar-refractivity contribution < 1.29 is 14.4 Å².